The van der Waals surface area contributed by atoms with Gasteiger partial charge < -0.3 is 5.73 Å². The maximum atomic E-state index is 12.1. The van der Waals surface area contributed by atoms with E-state index >= 15 is 0 Å². The third-order valence-corrected chi connectivity index (χ3v) is 4.98. The molecular weight excluding hydrogens is 260 g/mol. The smallest absolute Gasteiger partial charge is 0.218 e. The van der Waals surface area contributed by atoms with Gasteiger partial charge in [-0.25, -0.2) is 12.7 Å². The molecule has 1 aromatic rings. The number of sulfonamides is 1. The van der Waals surface area contributed by atoms with Crippen LogP contribution >= 0.6 is 11.6 Å². The van der Waals surface area contributed by atoms with Gasteiger partial charge in [-0.15, -0.1) is 0 Å². The summed E-state index contributed by atoms with van der Waals surface area (Å²) in [6.07, 6.45) is 0. The van der Waals surface area contributed by atoms with Crippen LogP contribution in [0.3, 0.4) is 0 Å². The fraction of sp³-hybridized carbons (Fsp3) is 0.455. The van der Waals surface area contributed by atoms with Gasteiger partial charge in [0.25, 0.3) is 0 Å². The van der Waals surface area contributed by atoms with Crippen molar-refractivity contribution in [2.75, 3.05) is 13.6 Å². The van der Waals surface area contributed by atoms with E-state index in [2.05, 4.69) is 0 Å². The van der Waals surface area contributed by atoms with Gasteiger partial charge in [0, 0.05) is 24.7 Å². The SMILES string of the molecule is CC(CN)N(C)S(=O)(=O)Cc1ccccc1Cl. The highest BCUT2D eigenvalue weighted by Gasteiger charge is 2.23. The Labute approximate surface area is 107 Å². The van der Waals surface area contributed by atoms with Gasteiger partial charge in [0.15, 0.2) is 0 Å². The Balaban J connectivity index is 2.91. The summed E-state index contributed by atoms with van der Waals surface area (Å²) in [7, 11) is -1.85. The summed E-state index contributed by atoms with van der Waals surface area (Å²) in [6.45, 7) is 2.06. The molecule has 0 aliphatic carbocycles. The van der Waals surface area contributed by atoms with Gasteiger partial charge in [0.05, 0.1) is 5.75 Å². The first-order valence-electron chi connectivity index (χ1n) is 5.27. The number of hydrogen-bond donors (Lipinski definition) is 1. The molecule has 0 saturated heterocycles. The molecule has 0 amide bonds. The molecule has 17 heavy (non-hydrogen) atoms. The molecular formula is C11H17ClN2O2S. The monoisotopic (exact) mass is 276 g/mol. The van der Waals surface area contributed by atoms with Gasteiger partial charge >= 0.3 is 0 Å². The summed E-state index contributed by atoms with van der Waals surface area (Å²) in [5, 5.41) is 0.463. The molecule has 0 heterocycles. The van der Waals surface area contributed by atoms with Crippen molar-refractivity contribution in [1.82, 2.24) is 4.31 Å². The molecule has 0 aromatic heterocycles. The topological polar surface area (TPSA) is 63.4 Å². The number of nitrogens with two attached hydrogens (primary N) is 1. The lowest BCUT2D eigenvalue weighted by Crippen LogP contribution is -2.40. The molecule has 96 valence electrons. The first kappa shape index (κ1) is 14.4. The van der Waals surface area contributed by atoms with Gasteiger partial charge in [-0.1, -0.05) is 29.8 Å². The Bertz CT molecular complexity index is 476. The molecule has 4 nitrogen and oxygen atoms in total. The molecule has 2 N–H and O–H groups in total. The number of likely N-dealkylation sites (N-methyl/N-ethyl adjacent to an activating group) is 1. The van der Waals surface area contributed by atoms with Crippen LogP contribution in [-0.4, -0.2) is 32.4 Å². The normalized spacial score (nSPS) is 13.9. The minimum atomic E-state index is -3.38. The van der Waals surface area contributed by atoms with Crippen LogP contribution in [-0.2, 0) is 15.8 Å². The summed E-state index contributed by atoms with van der Waals surface area (Å²) >= 11 is 5.94. The standard InChI is InChI=1S/C11H17ClN2O2S/c1-9(7-13)14(2)17(15,16)8-10-5-3-4-6-11(10)12/h3-6,9H,7-8,13H2,1-2H3. The predicted molar refractivity (Wildman–Crippen MR) is 70.4 cm³/mol. The zero-order chi connectivity index (χ0) is 13.1. The average molecular weight is 277 g/mol. The molecule has 1 aromatic carbocycles. The second-order valence-electron chi connectivity index (χ2n) is 3.95. The van der Waals surface area contributed by atoms with Gasteiger partial charge in [0.2, 0.25) is 10.0 Å². The van der Waals surface area contributed by atoms with Crippen molar-refractivity contribution in [3.8, 4) is 0 Å². The van der Waals surface area contributed by atoms with Crippen molar-refractivity contribution in [3.05, 3.63) is 34.9 Å². The second kappa shape index (κ2) is 5.82. The van der Waals surface area contributed by atoms with Gasteiger partial charge in [-0.3, -0.25) is 0 Å². The maximum absolute atomic E-state index is 12.1. The largest absolute Gasteiger partial charge is 0.329 e. The maximum Gasteiger partial charge on any atom is 0.218 e. The summed E-state index contributed by atoms with van der Waals surface area (Å²) in [5.41, 5.74) is 6.06. The minimum Gasteiger partial charge on any atom is -0.329 e. The van der Waals surface area contributed by atoms with Crippen molar-refractivity contribution < 1.29 is 8.42 Å². The fourth-order valence-corrected chi connectivity index (χ4v) is 3.10. The molecule has 0 spiro atoms. The van der Waals surface area contributed by atoms with E-state index in [1.54, 1.807) is 31.2 Å². The molecule has 0 aliphatic rings. The van der Waals surface area contributed by atoms with Gasteiger partial charge in [-0.2, -0.15) is 0 Å². The minimum absolute atomic E-state index is 0.104. The molecule has 1 rings (SSSR count). The van der Waals surface area contributed by atoms with E-state index in [4.69, 9.17) is 17.3 Å². The zero-order valence-electron chi connectivity index (χ0n) is 9.93. The van der Waals surface area contributed by atoms with Crippen LogP contribution < -0.4 is 5.73 Å². The Kier molecular flexibility index (Phi) is 4.94. The lowest BCUT2D eigenvalue weighted by atomic mass is 10.2. The van der Waals surface area contributed by atoms with Crippen LogP contribution in [0.15, 0.2) is 24.3 Å². The number of rotatable bonds is 5. The fourth-order valence-electron chi connectivity index (χ4n) is 1.34. The number of halogens is 1. The summed E-state index contributed by atoms with van der Waals surface area (Å²) in [5.74, 6) is -0.104. The Morgan fingerprint density at radius 3 is 2.53 bits per heavy atom. The second-order valence-corrected chi connectivity index (χ2v) is 6.38. The van der Waals surface area contributed by atoms with E-state index in [9.17, 15) is 8.42 Å². The van der Waals surface area contributed by atoms with Crippen LogP contribution in [0.4, 0.5) is 0 Å². The first-order valence-corrected chi connectivity index (χ1v) is 7.26. The van der Waals surface area contributed by atoms with E-state index < -0.39 is 10.0 Å². The molecule has 0 fully saturated rings. The highest BCUT2D eigenvalue weighted by molar-refractivity contribution is 7.88. The zero-order valence-corrected chi connectivity index (χ0v) is 11.5. The van der Waals surface area contributed by atoms with E-state index in [0.717, 1.165) is 0 Å². The quantitative estimate of drug-likeness (QED) is 0.885. The Morgan fingerprint density at radius 2 is 2.00 bits per heavy atom. The van der Waals surface area contributed by atoms with Crippen molar-refractivity contribution in [2.45, 2.75) is 18.7 Å². The van der Waals surface area contributed by atoms with E-state index in [1.165, 1.54) is 11.4 Å². The molecule has 0 saturated carbocycles. The number of nitrogens with zero attached hydrogens (tertiary/aromatic N) is 1. The van der Waals surface area contributed by atoms with E-state index in [1.807, 2.05) is 0 Å². The van der Waals surface area contributed by atoms with Crippen molar-refractivity contribution in [2.24, 2.45) is 5.73 Å². The van der Waals surface area contributed by atoms with Crippen molar-refractivity contribution in [1.29, 1.82) is 0 Å². The third-order valence-electron chi connectivity index (χ3n) is 2.70. The van der Waals surface area contributed by atoms with Crippen LogP contribution in [0.25, 0.3) is 0 Å². The average Bonchev–Trinajstić information content (AvgIpc) is 2.30. The van der Waals surface area contributed by atoms with Crippen LogP contribution in [0.5, 0.6) is 0 Å². The Hall–Kier alpha value is -0.620. The predicted octanol–water partition coefficient (Wildman–Crippen LogP) is 1.45. The molecule has 0 aliphatic heterocycles. The molecule has 6 heteroatoms. The third kappa shape index (κ3) is 3.67. The van der Waals surface area contributed by atoms with E-state index in [0.29, 0.717) is 10.6 Å². The number of hydrogen-bond acceptors (Lipinski definition) is 3. The van der Waals surface area contributed by atoms with Gasteiger partial charge in [0.1, 0.15) is 0 Å². The molecule has 1 unspecified atom stereocenters. The Morgan fingerprint density at radius 1 is 1.41 bits per heavy atom. The summed E-state index contributed by atoms with van der Waals surface area (Å²) < 4.78 is 25.4. The lowest BCUT2D eigenvalue weighted by molar-refractivity contribution is 0.394. The van der Waals surface area contributed by atoms with E-state index in [-0.39, 0.29) is 18.3 Å². The van der Waals surface area contributed by atoms with Gasteiger partial charge in [-0.05, 0) is 18.6 Å². The molecule has 0 radical (unpaired) electrons. The molecule has 0 bridgehead atoms. The van der Waals surface area contributed by atoms with Crippen LogP contribution in [0, 0.1) is 0 Å². The summed E-state index contributed by atoms with van der Waals surface area (Å²) in [4.78, 5) is 0. The van der Waals surface area contributed by atoms with Crippen LogP contribution in [0.2, 0.25) is 5.02 Å². The lowest BCUT2D eigenvalue weighted by Gasteiger charge is -2.23. The number of benzene rings is 1. The van der Waals surface area contributed by atoms with Crippen molar-refractivity contribution in [3.63, 3.8) is 0 Å². The molecule has 1 atom stereocenters. The first-order chi connectivity index (χ1) is 7.88. The highest BCUT2D eigenvalue weighted by atomic mass is 35.5. The van der Waals surface area contributed by atoms with Crippen molar-refractivity contribution >= 4 is 21.6 Å². The van der Waals surface area contributed by atoms with Crippen LogP contribution in [0.1, 0.15) is 12.5 Å². The highest BCUT2D eigenvalue weighted by Crippen LogP contribution is 2.19. The summed E-state index contributed by atoms with van der Waals surface area (Å²) in [6, 6.07) is 6.70.